The Morgan fingerprint density at radius 3 is 2.77 bits per heavy atom. The molecule has 0 atom stereocenters. The smallest absolute Gasteiger partial charge is 0.264 e. The van der Waals surface area contributed by atoms with Gasteiger partial charge in [-0.15, -0.1) is 0 Å². The second-order valence-electron chi connectivity index (χ2n) is 4.42. The maximum absolute atomic E-state index is 11.8. The van der Waals surface area contributed by atoms with Crippen molar-refractivity contribution < 1.29 is 9.53 Å². The van der Waals surface area contributed by atoms with E-state index in [0.717, 1.165) is 9.13 Å². The number of nitrogens with zero attached hydrogens (tertiary/aromatic N) is 1. The predicted octanol–water partition coefficient (Wildman–Crippen LogP) is 2.89. The number of nitrogens with one attached hydrogen (secondary N) is 2. The summed E-state index contributed by atoms with van der Waals surface area (Å²) >= 11 is 7.28. The number of amides is 1. The minimum atomic E-state index is -0.329. The van der Waals surface area contributed by atoms with Crippen molar-refractivity contribution >= 4 is 51.6 Å². The van der Waals surface area contributed by atoms with E-state index in [1.165, 1.54) is 0 Å². The summed E-state index contributed by atoms with van der Waals surface area (Å²) in [4.78, 5) is 16.0. The van der Waals surface area contributed by atoms with Crippen molar-refractivity contribution in [3.05, 3.63) is 51.7 Å². The van der Waals surface area contributed by atoms with Crippen molar-refractivity contribution in [1.29, 1.82) is 0 Å². The van der Waals surface area contributed by atoms with Crippen LogP contribution in [-0.4, -0.2) is 22.6 Å². The molecule has 5 nitrogen and oxygen atoms in total. The van der Waals surface area contributed by atoms with Crippen molar-refractivity contribution in [2.24, 2.45) is 0 Å². The molecule has 0 aliphatic heterocycles. The summed E-state index contributed by atoms with van der Waals surface area (Å²) < 4.78 is 6.38. The van der Waals surface area contributed by atoms with Gasteiger partial charge in [-0.3, -0.25) is 10.1 Å². The number of halogens is 1. The summed E-state index contributed by atoms with van der Waals surface area (Å²) in [6.07, 6.45) is 1.72. The van der Waals surface area contributed by atoms with Gasteiger partial charge < -0.3 is 10.1 Å². The molecular weight excluding hydrogens is 413 g/mol. The van der Waals surface area contributed by atoms with Crippen molar-refractivity contribution in [2.45, 2.75) is 6.92 Å². The third-order valence-electron chi connectivity index (χ3n) is 2.64. The van der Waals surface area contributed by atoms with Crippen LogP contribution in [0.5, 0.6) is 5.75 Å². The zero-order chi connectivity index (χ0) is 15.9. The molecule has 0 saturated carbocycles. The molecule has 0 spiro atoms. The number of aromatic nitrogens is 1. The highest BCUT2D eigenvalue weighted by atomic mass is 127. The minimum Gasteiger partial charge on any atom is -0.484 e. The molecule has 7 heteroatoms. The molecule has 1 aromatic heterocycles. The van der Waals surface area contributed by atoms with Crippen LogP contribution in [-0.2, 0) is 4.79 Å². The monoisotopic (exact) mass is 427 g/mol. The highest BCUT2D eigenvalue weighted by Gasteiger charge is 2.08. The summed E-state index contributed by atoms with van der Waals surface area (Å²) in [7, 11) is 0. The second-order valence-corrected chi connectivity index (χ2v) is 6.08. The molecule has 1 heterocycles. The number of anilines is 1. The average molecular weight is 427 g/mol. The van der Waals surface area contributed by atoms with Gasteiger partial charge in [-0.05, 0) is 65.5 Å². The molecule has 2 rings (SSSR count). The lowest BCUT2D eigenvalue weighted by atomic mass is 10.3. The lowest BCUT2D eigenvalue weighted by molar-refractivity contribution is -0.121. The minimum absolute atomic E-state index is 0.106. The van der Waals surface area contributed by atoms with Gasteiger partial charge in [0.15, 0.2) is 11.7 Å². The number of carbonyl (C=O) groups excluding carboxylic acids is 1. The summed E-state index contributed by atoms with van der Waals surface area (Å²) in [5.41, 5.74) is 0.948. The SMILES string of the molecule is Cc1cc(I)cnc1NC(=S)NC(=O)COc1ccccc1. The fraction of sp³-hybridized carbons (Fsp3) is 0.133. The molecule has 0 unspecified atom stereocenters. The molecule has 0 bridgehead atoms. The molecule has 1 aromatic carbocycles. The second kappa shape index (κ2) is 8.04. The highest BCUT2D eigenvalue weighted by Crippen LogP contribution is 2.14. The van der Waals surface area contributed by atoms with E-state index in [1.807, 2.05) is 31.2 Å². The van der Waals surface area contributed by atoms with E-state index in [-0.39, 0.29) is 17.6 Å². The topological polar surface area (TPSA) is 63.2 Å². The number of ether oxygens (including phenoxy) is 1. The van der Waals surface area contributed by atoms with E-state index in [0.29, 0.717) is 11.6 Å². The molecule has 2 N–H and O–H groups in total. The van der Waals surface area contributed by atoms with Crippen LogP contribution in [0.3, 0.4) is 0 Å². The maximum Gasteiger partial charge on any atom is 0.264 e. The normalized spacial score (nSPS) is 9.91. The van der Waals surface area contributed by atoms with E-state index in [2.05, 4.69) is 38.2 Å². The molecule has 0 saturated heterocycles. The lowest BCUT2D eigenvalue weighted by Crippen LogP contribution is -2.37. The zero-order valence-corrected chi connectivity index (χ0v) is 14.8. The Hall–Kier alpha value is -1.74. The van der Waals surface area contributed by atoms with Crippen LogP contribution < -0.4 is 15.4 Å². The first-order valence-electron chi connectivity index (χ1n) is 6.45. The molecular formula is C15H14IN3O2S. The summed E-state index contributed by atoms with van der Waals surface area (Å²) in [5.74, 6) is 0.922. The molecule has 0 fully saturated rings. The lowest BCUT2D eigenvalue weighted by Gasteiger charge is -2.11. The first kappa shape index (κ1) is 16.6. The average Bonchev–Trinajstić information content (AvgIpc) is 2.49. The third-order valence-corrected chi connectivity index (χ3v) is 3.44. The van der Waals surface area contributed by atoms with E-state index in [4.69, 9.17) is 17.0 Å². The van der Waals surface area contributed by atoms with E-state index < -0.39 is 0 Å². The Labute approximate surface area is 147 Å². The zero-order valence-electron chi connectivity index (χ0n) is 11.8. The predicted molar refractivity (Wildman–Crippen MR) is 98.0 cm³/mol. The number of benzene rings is 1. The molecule has 0 aliphatic carbocycles. The van der Waals surface area contributed by atoms with Crippen LogP contribution in [0.1, 0.15) is 5.56 Å². The summed E-state index contributed by atoms with van der Waals surface area (Å²) in [6.45, 7) is 1.81. The highest BCUT2D eigenvalue weighted by molar-refractivity contribution is 14.1. The van der Waals surface area contributed by atoms with Crippen LogP contribution in [0.15, 0.2) is 42.6 Å². The molecule has 22 heavy (non-hydrogen) atoms. The van der Waals surface area contributed by atoms with Gasteiger partial charge in [0.1, 0.15) is 11.6 Å². The Bertz CT molecular complexity index is 680. The quantitative estimate of drug-likeness (QED) is 0.581. The Balaban J connectivity index is 1.82. The van der Waals surface area contributed by atoms with Crippen molar-refractivity contribution in [1.82, 2.24) is 10.3 Å². The standard InChI is InChI=1S/C15H14IN3O2S/c1-10-7-11(16)8-17-14(10)19-15(22)18-13(20)9-21-12-5-3-2-4-6-12/h2-8H,9H2,1H3,(H2,17,18,19,20,22). The number of aryl methyl sites for hydroxylation is 1. The van der Waals surface area contributed by atoms with Gasteiger partial charge in [0.2, 0.25) is 0 Å². The van der Waals surface area contributed by atoms with Gasteiger partial charge in [-0.2, -0.15) is 0 Å². The van der Waals surface area contributed by atoms with Crippen molar-refractivity contribution in [3.63, 3.8) is 0 Å². The number of rotatable bonds is 4. The van der Waals surface area contributed by atoms with Crippen molar-refractivity contribution in [3.8, 4) is 5.75 Å². The number of carbonyl (C=O) groups is 1. The Kier molecular flexibility index (Phi) is 6.08. The summed E-state index contributed by atoms with van der Waals surface area (Å²) in [6, 6.07) is 11.1. The van der Waals surface area contributed by atoms with Crippen LogP contribution in [0.25, 0.3) is 0 Å². The molecule has 0 aliphatic rings. The van der Waals surface area contributed by atoms with Crippen LogP contribution in [0.4, 0.5) is 5.82 Å². The number of thiocarbonyl (C=S) groups is 1. The molecule has 0 radical (unpaired) electrons. The van der Waals surface area contributed by atoms with Gasteiger partial charge in [0.25, 0.3) is 5.91 Å². The van der Waals surface area contributed by atoms with Crippen molar-refractivity contribution in [2.75, 3.05) is 11.9 Å². The van der Waals surface area contributed by atoms with Crippen LogP contribution in [0, 0.1) is 10.5 Å². The molecule has 1 amide bonds. The van der Waals surface area contributed by atoms with Crippen LogP contribution >= 0.6 is 34.8 Å². The van der Waals surface area contributed by atoms with Gasteiger partial charge in [-0.1, -0.05) is 18.2 Å². The third kappa shape index (κ3) is 5.23. The Morgan fingerprint density at radius 1 is 1.36 bits per heavy atom. The number of hydrogen-bond acceptors (Lipinski definition) is 4. The molecule has 114 valence electrons. The van der Waals surface area contributed by atoms with Gasteiger partial charge in [-0.25, -0.2) is 4.98 Å². The largest absolute Gasteiger partial charge is 0.484 e. The fourth-order valence-corrected chi connectivity index (χ4v) is 2.46. The fourth-order valence-electron chi connectivity index (χ4n) is 1.64. The van der Waals surface area contributed by atoms with E-state index >= 15 is 0 Å². The van der Waals surface area contributed by atoms with Crippen LogP contribution in [0.2, 0.25) is 0 Å². The Morgan fingerprint density at radius 2 is 2.09 bits per heavy atom. The first-order chi connectivity index (χ1) is 10.5. The number of hydrogen-bond donors (Lipinski definition) is 2. The molecule has 2 aromatic rings. The van der Waals surface area contributed by atoms with Gasteiger partial charge >= 0.3 is 0 Å². The van der Waals surface area contributed by atoms with Gasteiger partial charge in [0, 0.05) is 9.77 Å². The van der Waals surface area contributed by atoms with E-state index in [1.54, 1.807) is 18.3 Å². The van der Waals surface area contributed by atoms with E-state index in [9.17, 15) is 4.79 Å². The first-order valence-corrected chi connectivity index (χ1v) is 7.94. The van der Waals surface area contributed by atoms with Gasteiger partial charge in [0.05, 0.1) is 0 Å². The maximum atomic E-state index is 11.8. The number of para-hydroxylation sites is 1. The summed E-state index contributed by atoms with van der Waals surface area (Å²) in [5, 5.41) is 5.64. The number of pyridine rings is 1.